The lowest BCUT2D eigenvalue weighted by Crippen LogP contribution is -2.36. The molecule has 0 aliphatic heterocycles. The molecule has 2 aromatic heterocycles. The molecule has 192 valence electrons. The monoisotopic (exact) mass is 513 g/mol. The SMILES string of the molecule is CC(N=CC(=CN)c1cnn2c(-c3cccc(NC(=O)NCC(F)(F)F)c3)cnc2c1)C(=O)NCC#N. The third-order valence-electron chi connectivity index (χ3n) is 4.90. The van der Waals surface area contributed by atoms with Gasteiger partial charge in [0, 0.05) is 34.8 Å². The van der Waals surface area contributed by atoms with Gasteiger partial charge in [-0.25, -0.2) is 14.3 Å². The molecule has 0 saturated carbocycles. The van der Waals surface area contributed by atoms with Crippen LogP contribution >= 0.6 is 0 Å². The summed E-state index contributed by atoms with van der Waals surface area (Å²) in [5.74, 6) is -0.407. The number of hydrogen-bond acceptors (Lipinski definition) is 7. The summed E-state index contributed by atoms with van der Waals surface area (Å²) in [4.78, 5) is 32.2. The molecule has 0 saturated heterocycles. The molecule has 0 fully saturated rings. The maximum Gasteiger partial charge on any atom is 0.405 e. The molecule has 3 amide bonds. The Morgan fingerprint density at radius 3 is 2.76 bits per heavy atom. The number of allylic oxidation sites excluding steroid dienone is 1. The Bertz CT molecular complexity index is 1390. The van der Waals surface area contributed by atoms with E-state index in [1.165, 1.54) is 29.2 Å². The summed E-state index contributed by atoms with van der Waals surface area (Å²) in [6, 6.07) is 8.25. The van der Waals surface area contributed by atoms with Crippen molar-refractivity contribution in [2.75, 3.05) is 18.4 Å². The van der Waals surface area contributed by atoms with E-state index in [9.17, 15) is 22.8 Å². The van der Waals surface area contributed by atoms with Crippen LogP contribution in [0.3, 0.4) is 0 Å². The summed E-state index contributed by atoms with van der Waals surface area (Å²) in [7, 11) is 0. The number of nitrogens with one attached hydrogen (secondary N) is 3. The molecule has 1 unspecified atom stereocenters. The van der Waals surface area contributed by atoms with Crippen LogP contribution in [0.4, 0.5) is 23.7 Å². The topological polar surface area (TPSA) is 163 Å². The van der Waals surface area contributed by atoms with Crippen LogP contribution in [0, 0.1) is 11.3 Å². The van der Waals surface area contributed by atoms with E-state index in [0.717, 1.165) is 0 Å². The number of benzene rings is 1. The van der Waals surface area contributed by atoms with Gasteiger partial charge in [-0.3, -0.25) is 9.79 Å². The van der Waals surface area contributed by atoms with Gasteiger partial charge in [0.05, 0.1) is 24.2 Å². The summed E-state index contributed by atoms with van der Waals surface area (Å²) < 4.78 is 38.4. The standard InChI is InChI=1S/C23H22F3N9O2/c1-14(21(36)29-6-5-27)30-10-17(9-28)16-8-20-31-12-19(35(20)33-11-16)15-3-2-4-18(7-15)34-22(37)32-13-23(24,25)26/h2-4,7-12,14H,6,13,28H2,1H3,(H,29,36)(H2,32,34,37). The number of nitrogens with zero attached hydrogens (tertiary/aromatic N) is 5. The second-order valence-corrected chi connectivity index (χ2v) is 7.61. The summed E-state index contributed by atoms with van der Waals surface area (Å²) >= 11 is 0. The van der Waals surface area contributed by atoms with Crippen molar-refractivity contribution in [3.63, 3.8) is 0 Å². The number of halogens is 3. The number of rotatable bonds is 8. The average molecular weight is 513 g/mol. The second kappa shape index (κ2) is 11.7. The highest BCUT2D eigenvalue weighted by atomic mass is 19.4. The van der Waals surface area contributed by atoms with E-state index in [1.807, 2.05) is 6.07 Å². The number of amides is 3. The van der Waals surface area contributed by atoms with Gasteiger partial charge in [0.2, 0.25) is 5.91 Å². The van der Waals surface area contributed by atoms with E-state index < -0.39 is 30.7 Å². The Balaban J connectivity index is 1.77. The Hall–Kier alpha value is -4.93. The second-order valence-electron chi connectivity index (χ2n) is 7.61. The fourth-order valence-corrected chi connectivity index (χ4v) is 3.09. The number of fused-ring (bicyclic) bond motifs is 1. The lowest BCUT2D eigenvalue weighted by atomic mass is 10.1. The molecular formula is C23H22F3N9O2. The fraction of sp³-hybridized carbons (Fsp3) is 0.217. The number of aromatic nitrogens is 3. The molecule has 0 aliphatic carbocycles. The minimum absolute atomic E-state index is 0.120. The molecule has 3 rings (SSSR count). The molecule has 11 nitrogen and oxygen atoms in total. The minimum Gasteiger partial charge on any atom is -0.404 e. The van der Waals surface area contributed by atoms with Gasteiger partial charge < -0.3 is 21.7 Å². The first-order chi connectivity index (χ1) is 17.6. The Labute approximate surface area is 208 Å². The van der Waals surface area contributed by atoms with E-state index in [-0.39, 0.29) is 12.2 Å². The molecule has 14 heteroatoms. The van der Waals surface area contributed by atoms with Crippen molar-refractivity contribution >= 4 is 35.1 Å². The van der Waals surface area contributed by atoms with Gasteiger partial charge in [-0.15, -0.1) is 0 Å². The third kappa shape index (κ3) is 7.28. The Morgan fingerprint density at radius 2 is 2.05 bits per heavy atom. The first-order valence-electron chi connectivity index (χ1n) is 10.8. The third-order valence-corrected chi connectivity index (χ3v) is 4.90. The molecule has 0 radical (unpaired) electrons. The normalized spacial score (nSPS) is 12.8. The van der Waals surface area contributed by atoms with Crippen LogP contribution in [-0.2, 0) is 4.79 Å². The summed E-state index contributed by atoms with van der Waals surface area (Å²) in [6.45, 7) is 0.00317. The average Bonchev–Trinajstić information content (AvgIpc) is 3.29. The van der Waals surface area contributed by atoms with Gasteiger partial charge in [0.15, 0.2) is 5.65 Å². The number of carbonyl (C=O) groups is 2. The van der Waals surface area contributed by atoms with Gasteiger partial charge in [-0.2, -0.15) is 23.5 Å². The largest absolute Gasteiger partial charge is 0.405 e. The molecular weight excluding hydrogens is 491 g/mol. The van der Waals surface area contributed by atoms with Crippen molar-refractivity contribution in [2.24, 2.45) is 10.7 Å². The highest BCUT2D eigenvalue weighted by molar-refractivity contribution is 6.10. The fourth-order valence-electron chi connectivity index (χ4n) is 3.09. The maximum absolute atomic E-state index is 12.3. The number of aliphatic imine (C=N–C) groups is 1. The van der Waals surface area contributed by atoms with Crippen LogP contribution < -0.4 is 21.7 Å². The molecule has 1 aromatic carbocycles. The van der Waals surface area contributed by atoms with Gasteiger partial charge >= 0.3 is 12.2 Å². The van der Waals surface area contributed by atoms with E-state index >= 15 is 0 Å². The van der Waals surface area contributed by atoms with Gasteiger partial charge in [-0.1, -0.05) is 12.1 Å². The van der Waals surface area contributed by atoms with Crippen LogP contribution in [0.25, 0.3) is 22.5 Å². The van der Waals surface area contributed by atoms with E-state index in [2.05, 4.69) is 25.7 Å². The zero-order valence-electron chi connectivity index (χ0n) is 19.5. The zero-order chi connectivity index (χ0) is 27.0. The molecule has 0 aliphatic rings. The van der Waals surface area contributed by atoms with Crippen molar-refractivity contribution < 1.29 is 22.8 Å². The highest BCUT2D eigenvalue weighted by Gasteiger charge is 2.27. The minimum atomic E-state index is -4.52. The number of alkyl halides is 3. The van der Waals surface area contributed by atoms with Crippen molar-refractivity contribution in [3.8, 4) is 17.3 Å². The smallest absolute Gasteiger partial charge is 0.404 e. The quantitative estimate of drug-likeness (QED) is 0.267. The van der Waals surface area contributed by atoms with Gasteiger partial charge in [0.1, 0.15) is 19.1 Å². The van der Waals surface area contributed by atoms with E-state index in [0.29, 0.717) is 28.0 Å². The van der Waals surface area contributed by atoms with E-state index in [1.54, 1.807) is 42.7 Å². The number of imidazole rings is 1. The molecule has 3 aromatic rings. The Morgan fingerprint density at radius 1 is 1.27 bits per heavy atom. The number of hydrogen-bond donors (Lipinski definition) is 4. The lowest BCUT2D eigenvalue weighted by Gasteiger charge is -2.10. The summed E-state index contributed by atoms with van der Waals surface area (Å²) in [6.07, 6.45) is 1.29. The number of carbonyl (C=O) groups excluding carboxylic acids is 2. The van der Waals surface area contributed by atoms with Crippen molar-refractivity contribution in [1.82, 2.24) is 25.2 Å². The van der Waals surface area contributed by atoms with Crippen LogP contribution in [0.15, 0.2) is 53.9 Å². The van der Waals surface area contributed by atoms with Crippen LogP contribution in [0.1, 0.15) is 12.5 Å². The zero-order valence-corrected chi connectivity index (χ0v) is 19.5. The first kappa shape index (κ1) is 26.7. The highest BCUT2D eigenvalue weighted by Crippen LogP contribution is 2.24. The van der Waals surface area contributed by atoms with Gasteiger partial charge in [0.25, 0.3) is 0 Å². The Kier molecular flexibility index (Phi) is 8.41. The predicted molar refractivity (Wildman–Crippen MR) is 130 cm³/mol. The molecule has 0 spiro atoms. The number of nitrogens with two attached hydrogens (primary N) is 1. The van der Waals surface area contributed by atoms with Crippen LogP contribution in [0.2, 0.25) is 0 Å². The number of urea groups is 1. The molecule has 0 bridgehead atoms. The number of anilines is 1. The molecule has 5 N–H and O–H groups in total. The first-order valence-corrected chi connectivity index (χ1v) is 10.8. The van der Waals surface area contributed by atoms with E-state index in [4.69, 9.17) is 11.0 Å². The van der Waals surface area contributed by atoms with Gasteiger partial charge in [-0.05, 0) is 25.1 Å². The van der Waals surface area contributed by atoms with Crippen molar-refractivity contribution in [3.05, 3.63) is 54.5 Å². The summed E-state index contributed by atoms with van der Waals surface area (Å²) in [5.41, 5.74) is 8.71. The van der Waals surface area contributed by atoms with Crippen molar-refractivity contribution in [1.29, 1.82) is 5.26 Å². The summed E-state index contributed by atoms with van der Waals surface area (Å²) in [5, 5.41) is 19.5. The van der Waals surface area contributed by atoms with Crippen LogP contribution in [0.5, 0.6) is 0 Å². The van der Waals surface area contributed by atoms with Crippen molar-refractivity contribution in [2.45, 2.75) is 19.1 Å². The maximum atomic E-state index is 12.3. The molecule has 37 heavy (non-hydrogen) atoms. The predicted octanol–water partition coefficient (Wildman–Crippen LogP) is 2.48. The lowest BCUT2D eigenvalue weighted by molar-refractivity contribution is -0.123. The van der Waals surface area contributed by atoms with Crippen LogP contribution in [-0.4, -0.2) is 58.1 Å². The number of nitriles is 1. The molecule has 2 heterocycles. The molecule has 1 atom stereocenters.